The Bertz CT molecular complexity index is 3610. The van der Waals surface area contributed by atoms with Crippen molar-refractivity contribution in [2.24, 2.45) is 0 Å². The largest absolute Gasteiger partial charge is 0.263 e. The molecule has 1 aliphatic carbocycles. The Kier molecular flexibility index (Phi) is 8.64. The van der Waals surface area contributed by atoms with Gasteiger partial charge in [-0.05, 0) is 101 Å². The molecule has 62 heavy (non-hydrogen) atoms. The molecule has 0 bridgehead atoms. The molecular weight excluding hydrogens is 751 g/mol. The highest BCUT2D eigenvalue weighted by Gasteiger charge is 2.20. The minimum Gasteiger partial charge on any atom is -0.263 e. The van der Waals surface area contributed by atoms with Gasteiger partial charge in [0.25, 0.3) is 0 Å². The Balaban J connectivity index is 0.963. The first kappa shape index (κ1) is 35.9. The van der Waals surface area contributed by atoms with Crippen molar-refractivity contribution in [3.8, 4) is 44.8 Å². The predicted molar refractivity (Wildman–Crippen MR) is 260 cm³/mol. The van der Waals surface area contributed by atoms with Crippen LogP contribution in [0.2, 0.25) is 0 Å². The van der Waals surface area contributed by atoms with Gasteiger partial charge in [0.15, 0.2) is 5.82 Å². The fourth-order valence-electron chi connectivity index (χ4n) is 9.59. The van der Waals surface area contributed by atoms with E-state index in [0.29, 0.717) is 0 Å². The molecule has 9 aromatic carbocycles. The van der Waals surface area contributed by atoms with Gasteiger partial charge in [-0.15, -0.1) is 0 Å². The summed E-state index contributed by atoms with van der Waals surface area (Å²) in [6.45, 7) is 0. The first-order valence-corrected chi connectivity index (χ1v) is 21.3. The van der Waals surface area contributed by atoms with Gasteiger partial charge in [0.05, 0.1) is 11.4 Å². The fourth-order valence-corrected chi connectivity index (χ4v) is 9.59. The van der Waals surface area contributed by atoms with Gasteiger partial charge < -0.3 is 0 Å². The van der Waals surface area contributed by atoms with Crippen LogP contribution in [0.4, 0.5) is 0 Å². The number of rotatable bonds is 6. The van der Waals surface area contributed by atoms with E-state index in [1.165, 1.54) is 59.6 Å². The molecule has 1 aliphatic rings. The van der Waals surface area contributed by atoms with Crippen LogP contribution >= 0.6 is 0 Å². The summed E-state index contributed by atoms with van der Waals surface area (Å²) in [5, 5.41) is 12.5. The molecule has 1 unspecified atom stereocenters. The molecular formula is C59H39N3. The summed E-state index contributed by atoms with van der Waals surface area (Å²) < 4.78 is 0. The van der Waals surface area contributed by atoms with Crippen molar-refractivity contribution in [2.45, 2.75) is 12.3 Å². The maximum Gasteiger partial charge on any atom is 0.160 e. The van der Waals surface area contributed by atoms with Crippen LogP contribution in [0.5, 0.6) is 0 Å². The zero-order valence-electron chi connectivity index (χ0n) is 33.9. The van der Waals surface area contributed by atoms with Gasteiger partial charge in [-0.25, -0.2) is 9.97 Å². The van der Waals surface area contributed by atoms with E-state index in [4.69, 9.17) is 9.97 Å². The second-order valence-electron chi connectivity index (χ2n) is 16.3. The second kappa shape index (κ2) is 14.9. The highest BCUT2D eigenvalue weighted by Crippen LogP contribution is 2.40. The number of hydrogen-bond donors (Lipinski definition) is 0. The highest BCUT2D eigenvalue weighted by atomic mass is 14.9. The Morgan fingerprint density at radius 2 is 0.968 bits per heavy atom. The average Bonchev–Trinajstić information content (AvgIpc) is 3.35. The van der Waals surface area contributed by atoms with Crippen LogP contribution in [0.25, 0.3) is 104 Å². The minimum absolute atomic E-state index is 0.237. The summed E-state index contributed by atoms with van der Waals surface area (Å²) in [5.74, 6) is 0.958. The zero-order valence-corrected chi connectivity index (χ0v) is 33.9. The molecule has 3 heteroatoms. The Morgan fingerprint density at radius 1 is 0.387 bits per heavy atom. The molecule has 2 aromatic heterocycles. The van der Waals surface area contributed by atoms with E-state index >= 15 is 0 Å². The number of aromatic nitrogens is 3. The van der Waals surface area contributed by atoms with E-state index in [-0.39, 0.29) is 5.92 Å². The van der Waals surface area contributed by atoms with Crippen LogP contribution in [-0.2, 0) is 0 Å². The van der Waals surface area contributed by atoms with Gasteiger partial charge in [-0.1, -0.05) is 182 Å². The van der Waals surface area contributed by atoms with Gasteiger partial charge in [-0.3, -0.25) is 4.98 Å². The first-order valence-electron chi connectivity index (χ1n) is 21.3. The monoisotopic (exact) mass is 789 g/mol. The highest BCUT2D eigenvalue weighted by molar-refractivity contribution is 6.14. The van der Waals surface area contributed by atoms with E-state index in [1.807, 2.05) is 12.4 Å². The van der Waals surface area contributed by atoms with E-state index in [0.717, 1.165) is 62.4 Å². The van der Waals surface area contributed by atoms with Gasteiger partial charge in [0, 0.05) is 46.0 Å². The molecule has 12 rings (SSSR count). The summed E-state index contributed by atoms with van der Waals surface area (Å²) >= 11 is 0. The number of pyridine rings is 1. The molecule has 11 aromatic rings. The minimum atomic E-state index is 0.237. The quantitative estimate of drug-likeness (QED) is 0.158. The second-order valence-corrected chi connectivity index (χ2v) is 16.3. The summed E-state index contributed by atoms with van der Waals surface area (Å²) in [5.41, 5.74) is 10.8. The standard InChI is InChI=1S/C59H39N3/c1-4-17-47-43(12-1)33-54(52-22-9-7-20-50(47)52)38-26-30-41(31-27-38)59-61-57(40-28-24-39(25-29-40)56-37-60-36-46-14-3-6-19-49(46)56)35-58(62-59)45-16-11-15-42(32-45)55-34-44-13-2-5-18-48(44)51-21-8-10-23-53(51)55/h1-26,28-38H,27H2. The van der Waals surface area contributed by atoms with Gasteiger partial charge in [0.2, 0.25) is 0 Å². The summed E-state index contributed by atoms with van der Waals surface area (Å²) in [6, 6.07) is 67.7. The zero-order chi connectivity index (χ0) is 41.0. The van der Waals surface area contributed by atoms with Crippen LogP contribution in [-0.4, -0.2) is 15.0 Å². The maximum atomic E-state index is 5.35. The Morgan fingerprint density at radius 3 is 1.69 bits per heavy atom. The number of fused-ring (bicyclic) bond motifs is 7. The van der Waals surface area contributed by atoms with Gasteiger partial charge >= 0.3 is 0 Å². The lowest BCUT2D eigenvalue weighted by molar-refractivity contribution is 0.864. The van der Waals surface area contributed by atoms with Crippen LogP contribution in [0.3, 0.4) is 0 Å². The topological polar surface area (TPSA) is 38.7 Å². The third kappa shape index (κ3) is 6.26. The first-order chi connectivity index (χ1) is 30.7. The lowest BCUT2D eigenvalue weighted by Crippen LogP contribution is -2.03. The summed E-state index contributed by atoms with van der Waals surface area (Å²) in [6.07, 6.45) is 11.6. The van der Waals surface area contributed by atoms with Crippen molar-refractivity contribution < 1.29 is 0 Å². The molecule has 0 aliphatic heterocycles. The van der Waals surface area contributed by atoms with Crippen molar-refractivity contribution >= 4 is 59.4 Å². The molecule has 3 nitrogen and oxygen atoms in total. The predicted octanol–water partition coefficient (Wildman–Crippen LogP) is 15.4. The summed E-state index contributed by atoms with van der Waals surface area (Å²) in [7, 11) is 0. The van der Waals surface area contributed by atoms with Crippen molar-refractivity contribution in [3.05, 3.63) is 230 Å². The number of benzene rings is 9. The number of hydrogen-bond acceptors (Lipinski definition) is 3. The molecule has 1 atom stereocenters. The maximum absolute atomic E-state index is 5.35. The Hall–Kier alpha value is -8.01. The average molecular weight is 790 g/mol. The summed E-state index contributed by atoms with van der Waals surface area (Å²) in [4.78, 5) is 15.2. The van der Waals surface area contributed by atoms with Crippen LogP contribution in [0, 0.1) is 0 Å². The number of nitrogens with zero attached hydrogens (tertiary/aromatic N) is 3. The fraction of sp³-hybridized carbons (Fsp3) is 0.0339. The molecule has 0 amide bonds. The molecule has 290 valence electrons. The number of allylic oxidation sites excluding steroid dienone is 4. The SMILES string of the molecule is C1=CC(c2cc3ccccc3c3ccccc23)CC=C1c1nc(-c2ccc(-c3cncc4ccccc34)cc2)cc(-c2cccc(-c3cc4ccccc4c4ccccc34)c2)n1. The van der Waals surface area contributed by atoms with Gasteiger partial charge in [-0.2, -0.15) is 0 Å². The third-order valence-corrected chi connectivity index (χ3v) is 12.7. The smallest absolute Gasteiger partial charge is 0.160 e. The van der Waals surface area contributed by atoms with E-state index in [9.17, 15) is 0 Å². The third-order valence-electron chi connectivity index (χ3n) is 12.7. The van der Waals surface area contributed by atoms with Gasteiger partial charge in [0.1, 0.15) is 0 Å². The van der Waals surface area contributed by atoms with Crippen molar-refractivity contribution in [1.29, 1.82) is 0 Å². The molecule has 0 saturated heterocycles. The van der Waals surface area contributed by atoms with Crippen LogP contribution < -0.4 is 0 Å². The lowest BCUT2D eigenvalue weighted by atomic mass is 9.85. The normalized spacial score (nSPS) is 13.9. The van der Waals surface area contributed by atoms with E-state index < -0.39 is 0 Å². The van der Waals surface area contributed by atoms with Crippen molar-refractivity contribution in [1.82, 2.24) is 15.0 Å². The van der Waals surface area contributed by atoms with Crippen molar-refractivity contribution in [2.75, 3.05) is 0 Å². The van der Waals surface area contributed by atoms with E-state index in [1.54, 1.807) is 0 Å². The Labute approximate surface area is 360 Å². The van der Waals surface area contributed by atoms with Crippen LogP contribution in [0.15, 0.2) is 219 Å². The molecule has 0 radical (unpaired) electrons. The van der Waals surface area contributed by atoms with Crippen molar-refractivity contribution in [3.63, 3.8) is 0 Å². The molecule has 0 saturated carbocycles. The van der Waals surface area contributed by atoms with E-state index in [2.05, 4.69) is 211 Å². The van der Waals surface area contributed by atoms with Crippen LogP contribution in [0.1, 0.15) is 23.7 Å². The molecule has 2 heterocycles. The molecule has 0 spiro atoms. The molecule has 0 N–H and O–H groups in total. The molecule has 0 fully saturated rings. The lowest BCUT2D eigenvalue weighted by Gasteiger charge is -2.20.